The van der Waals surface area contributed by atoms with E-state index >= 15 is 0 Å². The van der Waals surface area contributed by atoms with Gasteiger partial charge >= 0.3 is 0 Å². The molecular weight excluding hydrogens is 304 g/mol. The third-order valence-corrected chi connectivity index (χ3v) is 4.40. The van der Waals surface area contributed by atoms with Gasteiger partial charge in [0, 0.05) is 44.8 Å². The topological polar surface area (TPSA) is 105 Å². The number of pyridine rings is 1. The normalized spacial score (nSPS) is 15.9. The molecule has 3 rings (SSSR count). The van der Waals surface area contributed by atoms with Crippen molar-refractivity contribution in [1.82, 2.24) is 15.0 Å². The molecule has 3 heterocycles. The highest BCUT2D eigenvalue weighted by atomic mass is 32.2. The lowest BCUT2D eigenvalue weighted by atomic mass is 10.3. The zero-order valence-electron chi connectivity index (χ0n) is 11.8. The van der Waals surface area contributed by atoms with E-state index in [2.05, 4.69) is 19.9 Å². The number of nitrogens with two attached hydrogens (primary N) is 1. The van der Waals surface area contributed by atoms with E-state index in [0.29, 0.717) is 37.9 Å². The van der Waals surface area contributed by atoms with Crippen molar-refractivity contribution >= 4 is 21.8 Å². The molecule has 0 bridgehead atoms. The largest absolute Gasteiger partial charge is 0.352 e. The second kappa shape index (κ2) is 5.85. The molecule has 116 valence electrons. The molecule has 8 nitrogen and oxygen atoms in total. The van der Waals surface area contributed by atoms with Gasteiger partial charge in [-0.2, -0.15) is 0 Å². The quantitative estimate of drug-likeness (QED) is 0.838. The molecule has 1 aliphatic heterocycles. The van der Waals surface area contributed by atoms with Crippen molar-refractivity contribution < 1.29 is 8.42 Å². The second-order valence-corrected chi connectivity index (χ2v) is 6.42. The van der Waals surface area contributed by atoms with Crippen LogP contribution in [-0.4, -0.2) is 49.5 Å². The monoisotopic (exact) mass is 320 g/mol. The van der Waals surface area contributed by atoms with Gasteiger partial charge in [-0.25, -0.2) is 28.5 Å². The Kier molecular flexibility index (Phi) is 3.90. The zero-order chi connectivity index (χ0) is 15.6. The number of hydrogen-bond donors (Lipinski definition) is 1. The van der Waals surface area contributed by atoms with Crippen LogP contribution in [0.4, 0.5) is 11.8 Å². The van der Waals surface area contributed by atoms with Gasteiger partial charge in [0.1, 0.15) is 10.7 Å². The van der Waals surface area contributed by atoms with Crippen molar-refractivity contribution in [1.29, 1.82) is 0 Å². The molecule has 0 aliphatic carbocycles. The van der Waals surface area contributed by atoms with Crippen LogP contribution in [0.1, 0.15) is 0 Å². The van der Waals surface area contributed by atoms with Crippen LogP contribution >= 0.6 is 0 Å². The van der Waals surface area contributed by atoms with Crippen LogP contribution in [0.2, 0.25) is 0 Å². The molecule has 2 aromatic rings. The molecule has 22 heavy (non-hydrogen) atoms. The van der Waals surface area contributed by atoms with Crippen molar-refractivity contribution in [2.24, 2.45) is 5.14 Å². The predicted molar refractivity (Wildman–Crippen MR) is 82.1 cm³/mol. The van der Waals surface area contributed by atoms with Gasteiger partial charge in [-0.1, -0.05) is 0 Å². The zero-order valence-corrected chi connectivity index (χ0v) is 12.6. The molecule has 0 saturated carbocycles. The lowest BCUT2D eigenvalue weighted by Crippen LogP contribution is -2.47. The maximum atomic E-state index is 11.7. The summed E-state index contributed by atoms with van der Waals surface area (Å²) in [5, 5.41) is 5.26. The Balaban J connectivity index is 1.78. The van der Waals surface area contributed by atoms with Gasteiger partial charge in [-0.3, -0.25) is 0 Å². The fourth-order valence-electron chi connectivity index (χ4n) is 2.41. The Bertz CT molecular complexity index is 744. The van der Waals surface area contributed by atoms with E-state index in [9.17, 15) is 8.42 Å². The average molecular weight is 320 g/mol. The van der Waals surface area contributed by atoms with Gasteiger partial charge in [-0.15, -0.1) is 0 Å². The lowest BCUT2D eigenvalue weighted by molar-refractivity contribution is 0.593. The number of aromatic nitrogens is 3. The number of sulfonamides is 1. The molecule has 0 atom stereocenters. The highest BCUT2D eigenvalue weighted by molar-refractivity contribution is 7.89. The first-order valence-corrected chi connectivity index (χ1v) is 8.35. The van der Waals surface area contributed by atoms with Crippen molar-refractivity contribution in [3.8, 4) is 0 Å². The molecule has 0 spiro atoms. The lowest BCUT2D eigenvalue weighted by Gasteiger charge is -2.35. The molecule has 1 aliphatic rings. The van der Waals surface area contributed by atoms with E-state index in [0.717, 1.165) is 0 Å². The van der Waals surface area contributed by atoms with Crippen LogP contribution in [0.25, 0.3) is 0 Å². The molecule has 2 N–H and O–H groups in total. The van der Waals surface area contributed by atoms with Gasteiger partial charge in [0.2, 0.25) is 16.0 Å². The predicted octanol–water partition coefficient (Wildman–Crippen LogP) is -0.154. The number of rotatable bonds is 3. The molecule has 1 saturated heterocycles. The van der Waals surface area contributed by atoms with Gasteiger partial charge in [0.15, 0.2) is 0 Å². The number of hydrogen-bond acceptors (Lipinski definition) is 7. The first-order valence-electron chi connectivity index (χ1n) is 6.80. The SMILES string of the molecule is NS(=O)(=O)c1cccnc1N1CCN(c2ncccn2)CC1. The number of nitrogens with zero attached hydrogens (tertiary/aromatic N) is 5. The van der Waals surface area contributed by atoms with E-state index in [4.69, 9.17) is 5.14 Å². The fourth-order valence-corrected chi connectivity index (χ4v) is 3.12. The molecule has 1 fully saturated rings. The van der Waals surface area contributed by atoms with Crippen molar-refractivity contribution in [3.05, 3.63) is 36.8 Å². The summed E-state index contributed by atoms with van der Waals surface area (Å²) in [6, 6.07) is 4.81. The fraction of sp³-hybridized carbons (Fsp3) is 0.308. The standard InChI is InChI=1S/C13H16N6O2S/c14-22(20,21)11-3-1-4-15-12(11)18-7-9-19(10-8-18)13-16-5-2-6-17-13/h1-6H,7-10H2,(H2,14,20,21). The summed E-state index contributed by atoms with van der Waals surface area (Å²) < 4.78 is 23.3. The molecule has 0 radical (unpaired) electrons. The molecule has 0 amide bonds. The molecule has 0 unspecified atom stereocenters. The smallest absolute Gasteiger partial charge is 0.241 e. The third-order valence-electron chi connectivity index (χ3n) is 3.47. The molecule has 9 heteroatoms. The summed E-state index contributed by atoms with van der Waals surface area (Å²) in [4.78, 5) is 16.6. The Labute approximate surface area is 128 Å². The van der Waals surface area contributed by atoms with Gasteiger partial charge in [0.05, 0.1) is 0 Å². The molecule has 0 aromatic carbocycles. The van der Waals surface area contributed by atoms with E-state index in [1.165, 1.54) is 6.07 Å². The van der Waals surface area contributed by atoms with Gasteiger partial charge < -0.3 is 9.80 Å². The summed E-state index contributed by atoms with van der Waals surface area (Å²) >= 11 is 0. The summed E-state index contributed by atoms with van der Waals surface area (Å²) in [6.07, 6.45) is 4.97. The van der Waals surface area contributed by atoms with Crippen LogP contribution in [0.5, 0.6) is 0 Å². The van der Waals surface area contributed by atoms with Crippen LogP contribution in [0.15, 0.2) is 41.7 Å². The van der Waals surface area contributed by atoms with Crippen molar-refractivity contribution in [2.45, 2.75) is 4.90 Å². The highest BCUT2D eigenvalue weighted by Crippen LogP contribution is 2.23. The van der Waals surface area contributed by atoms with E-state index in [-0.39, 0.29) is 4.90 Å². The van der Waals surface area contributed by atoms with Crippen LogP contribution in [0, 0.1) is 0 Å². The number of primary sulfonamides is 1. The minimum absolute atomic E-state index is 0.0550. The number of piperazine rings is 1. The maximum Gasteiger partial charge on any atom is 0.241 e. The van der Waals surface area contributed by atoms with E-state index in [1.807, 2.05) is 4.90 Å². The van der Waals surface area contributed by atoms with Crippen molar-refractivity contribution in [3.63, 3.8) is 0 Å². The van der Waals surface area contributed by atoms with E-state index in [1.54, 1.807) is 30.7 Å². The first kappa shape index (κ1) is 14.7. The second-order valence-electron chi connectivity index (χ2n) is 4.89. The number of anilines is 2. The van der Waals surface area contributed by atoms with Gasteiger partial charge in [0.25, 0.3) is 0 Å². The summed E-state index contributed by atoms with van der Waals surface area (Å²) in [6.45, 7) is 2.62. The minimum atomic E-state index is -3.79. The summed E-state index contributed by atoms with van der Waals surface area (Å²) in [5.41, 5.74) is 0. The minimum Gasteiger partial charge on any atom is -0.352 e. The maximum absolute atomic E-state index is 11.7. The highest BCUT2D eigenvalue weighted by Gasteiger charge is 2.24. The molecular formula is C13H16N6O2S. The van der Waals surface area contributed by atoms with Gasteiger partial charge in [-0.05, 0) is 18.2 Å². The third kappa shape index (κ3) is 3.00. The summed E-state index contributed by atoms with van der Waals surface area (Å²) in [7, 11) is -3.79. The average Bonchev–Trinajstić information content (AvgIpc) is 2.55. The molecule has 2 aromatic heterocycles. The van der Waals surface area contributed by atoms with Crippen LogP contribution in [-0.2, 0) is 10.0 Å². The van der Waals surface area contributed by atoms with Crippen molar-refractivity contribution in [2.75, 3.05) is 36.0 Å². The van der Waals surface area contributed by atoms with E-state index < -0.39 is 10.0 Å². The Morgan fingerprint density at radius 2 is 1.50 bits per heavy atom. The summed E-state index contributed by atoms with van der Waals surface area (Å²) in [5.74, 6) is 1.08. The Hall–Kier alpha value is -2.26. The Morgan fingerprint density at radius 1 is 0.909 bits per heavy atom. The Morgan fingerprint density at radius 3 is 2.14 bits per heavy atom. The van der Waals surface area contributed by atoms with Crippen LogP contribution < -0.4 is 14.9 Å². The van der Waals surface area contributed by atoms with Crippen LogP contribution in [0.3, 0.4) is 0 Å². The first-order chi connectivity index (χ1) is 10.6.